The number of hydrogen-bond acceptors (Lipinski definition) is 8. The molecule has 3 aromatic rings. The minimum atomic E-state index is -0.664. The smallest absolute Gasteiger partial charge is 0.329 e. The number of rotatable bonds is 7. The zero-order chi connectivity index (χ0) is 23.4. The maximum absolute atomic E-state index is 12.7. The summed E-state index contributed by atoms with van der Waals surface area (Å²) >= 11 is 1.26. The molecule has 3 heterocycles. The van der Waals surface area contributed by atoms with Crippen LogP contribution in [0.15, 0.2) is 52.5 Å². The first-order valence-corrected chi connectivity index (χ1v) is 11.3. The van der Waals surface area contributed by atoms with E-state index < -0.39 is 12.0 Å². The van der Waals surface area contributed by atoms with Gasteiger partial charge in [-0.15, -0.1) is 11.3 Å². The van der Waals surface area contributed by atoms with Crippen molar-refractivity contribution in [2.24, 2.45) is 0 Å². The van der Waals surface area contributed by atoms with Crippen molar-refractivity contribution in [3.05, 3.63) is 59.5 Å². The van der Waals surface area contributed by atoms with Crippen molar-refractivity contribution in [3.63, 3.8) is 0 Å². The molecule has 0 unspecified atom stereocenters. The van der Waals surface area contributed by atoms with Gasteiger partial charge in [-0.3, -0.25) is 14.5 Å². The molecule has 10 heteroatoms. The average Bonchev–Trinajstić information content (AvgIpc) is 3.59. The van der Waals surface area contributed by atoms with E-state index in [4.69, 9.17) is 13.9 Å². The van der Waals surface area contributed by atoms with Gasteiger partial charge in [-0.05, 0) is 37.1 Å². The van der Waals surface area contributed by atoms with Gasteiger partial charge < -0.3 is 18.8 Å². The quantitative estimate of drug-likeness (QED) is 0.485. The molecule has 0 saturated carbocycles. The third kappa shape index (κ3) is 4.75. The van der Waals surface area contributed by atoms with Crippen LogP contribution in [0.2, 0.25) is 0 Å². The molecular formula is C23H23N3O6S. The molecule has 1 fully saturated rings. The number of hydrogen-bond donors (Lipinski definition) is 0. The van der Waals surface area contributed by atoms with Gasteiger partial charge in [0.25, 0.3) is 5.91 Å². The maximum atomic E-state index is 12.7. The van der Waals surface area contributed by atoms with Crippen molar-refractivity contribution in [2.75, 3.05) is 18.6 Å². The standard InChI is InChI=1S/C23H23N3O6S/c1-15(27)26(17-7-3-4-9-19(17)30-2)23-24-16(14-33-23)13-32-22(29)18-8-5-11-25(18)21(28)20-10-6-12-31-20/h3-4,6-7,9-10,12,14,18H,5,8,11,13H2,1-2H3/t18-/m0/s1. The average molecular weight is 470 g/mol. The molecule has 2 aromatic heterocycles. The van der Waals surface area contributed by atoms with E-state index in [1.807, 2.05) is 12.1 Å². The summed E-state index contributed by atoms with van der Waals surface area (Å²) in [7, 11) is 1.53. The highest BCUT2D eigenvalue weighted by atomic mass is 32.1. The minimum Gasteiger partial charge on any atom is -0.495 e. The molecule has 0 bridgehead atoms. The SMILES string of the molecule is COc1ccccc1N(C(C)=O)c1nc(COC(=O)[C@@H]2CCCN2C(=O)c2ccco2)cs1. The molecule has 172 valence electrons. The number of nitrogens with zero attached hydrogens (tertiary/aromatic N) is 3. The Bertz CT molecular complexity index is 1140. The van der Waals surface area contributed by atoms with Crippen LogP contribution in [-0.4, -0.2) is 47.4 Å². The van der Waals surface area contributed by atoms with E-state index >= 15 is 0 Å². The lowest BCUT2D eigenvalue weighted by molar-refractivity contribution is -0.149. The molecule has 0 spiro atoms. The summed E-state index contributed by atoms with van der Waals surface area (Å²) in [5, 5.41) is 2.17. The molecule has 0 aliphatic carbocycles. The van der Waals surface area contributed by atoms with Gasteiger partial charge in [0.15, 0.2) is 10.9 Å². The Labute approximate surface area is 194 Å². The number of ether oxygens (including phenoxy) is 2. The first-order valence-electron chi connectivity index (χ1n) is 10.4. The Morgan fingerprint density at radius 1 is 1.24 bits per heavy atom. The zero-order valence-corrected chi connectivity index (χ0v) is 19.0. The summed E-state index contributed by atoms with van der Waals surface area (Å²) in [6, 6.07) is 9.69. The van der Waals surface area contributed by atoms with Crippen LogP contribution < -0.4 is 9.64 Å². The van der Waals surface area contributed by atoms with Gasteiger partial charge in [0.2, 0.25) is 5.91 Å². The lowest BCUT2D eigenvalue weighted by Gasteiger charge is -2.22. The highest BCUT2D eigenvalue weighted by Crippen LogP contribution is 2.35. The largest absolute Gasteiger partial charge is 0.495 e. The van der Waals surface area contributed by atoms with Crippen LogP contribution in [0.3, 0.4) is 0 Å². The van der Waals surface area contributed by atoms with Gasteiger partial charge in [-0.25, -0.2) is 9.78 Å². The first-order chi connectivity index (χ1) is 16.0. The zero-order valence-electron chi connectivity index (χ0n) is 18.2. The van der Waals surface area contributed by atoms with E-state index in [0.29, 0.717) is 41.6 Å². The monoisotopic (exact) mass is 469 g/mol. The number of benzene rings is 1. The van der Waals surface area contributed by atoms with E-state index in [1.165, 1.54) is 41.4 Å². The number of carbonyl (C=O) groups excluding carboxylic acids is 3. The maximum Gasteiger partial charge on any atom is 0.329 e. The third-order valence-electron chi connectivity index (χ3n) is 5.25. The van der Waals surface area contributed by atoms with E-state index in [0.717, 1.165) is 0 Å². The van der Waals surface area contributed by atoms with Crippen LogP contribution in [0.1, 0.15) is 36.0 Å². The van der Waals surface area contributed by atoms with Crippen LogP contribution in [0.4, 0.5) is 10.8 Å². The molecule has 2 amide bonds. The van der Waals surface area contributed by atoms with Gasteiger partial charge in [-0.2, -0.15) is 0 Å². The summed E-state index contributed by atoms with van der Waals surface area (Å²) in [5.74, 6) is -0.312. The Morgan fingerprint density at radius 2 is 2.06 bits per heavy atom. The second kappa shape index (κ2) is 9.86. The summed E-state index contributed by atoms with van der Waals surface area (Å²) in [5.41, 5.74) is 1.08. The number of amides is 2. The number of aromatic nitrogens is 1. The Hall–Kier alpha value is -3.66. The number of carbonyl (C=O) groups is 3. The Morgan fingerprint density at radius 3 is 2.79 bits per heavy atom. The molecule has 1 saturated heterocycles. The topological polar surface area (TPSA) is 102 Å². The summed E-state index contributed by atoms with van der Waals surface area (Å²) < 4.78 is 16.0. The molecule has 4 rings (SSSR count). The van der Waals surface area contributed by atoms with E-state index in [1.54, 1.807) is 29.6 Å². The van der Waals surface area contributed by atoms with Crippen LogP contribution in [0.25, 0.3) is 0 Å². The van der Waals surface area contributed by atoms with Gasteiger partial charge in [-0.1, -0.05) is 12.1 Å². The number of likely N-dealkylation sites (tertiary alicyclic amines) is 1. The van der Waals surface area contributed by atoms with Gasteiger partial charge in [0, 0.05) is 18.8 Å². The number of methoxy groups -OCH3 is 1. The molecule has 1 aliphatic heterocycles. The fourth-order valence-electron chi connectivity index (χ4n) is 3.73. The fraction of sp³-hybridized carbons (Fsp3) is 0.304. The molecule has 0 N–H and O–H groups in total. The van der Waals surface area contributed by atoms with Gasteiger partial charge in [0.1, 0.15) is 18.4 Å². The van der Waals surface area contributed by atoms with Crippen molar-refractivity contribution >= 4 is 39.9 Å². The van der Waals surface area contributed by atoms with Crippen molar-refractivity contribution in [3.8, 4) is 5.75 Å². The Balaban J connectivity index is 1.43. The van der Waals surface area contributed by atoms with Crippen molar-refractivity contribution in [2.45, 2.75) is 32.4 Å². The van der Waals surface area contributed by atoms with Gasteiger partial charge >= 0.3 is 5.97 Å². The van der Waals surface area contributed by atoms with E-state index in [-0.39, 0.29) is 24.2 Å². The number of esters is 1. The van der Waals surface area contributed by atoms with E-state index in [2.05, 4.69) is 4.98 Å². The van der Waals surface area contributed by atoms with Crippen molar-refractivity contribution in [1.82, 2.24) is 9.88 Å². The molecule has 1 aromatic carbocycles. The second-order valence-electron chi connectivity index (χ2n) is 7.39. The lowest BCUT2D eigenvalue weighted by atomic mass is 10.2. The molecular weight excluding hydrogens is 446 g/mol. The summed E-state index contributed by atoms with van der Waals surface area (Å²) in [6.07, 6.45) is 2.66. The normalized spacial score (nSPS) is 15.3. The van der Waals surface area contributed by atoms with E-state index in [9.17, 15) is 14.4 Å². The van der Waals surface area contributed by atoms with Crippen molar-refractivity contribution in [1.29, 1.82) is 0 Å². The van der Waals surface area contributed by atoms with Crippen LogP contribution in [-0.2, 0) is 20.9 Å². The summed E-state index contributed by atoms with van der Waals surface area (Å²) in [6.45, 7) is 1.84. The molecule has 0 radical (unpaired) electrons. The molecule has 33 heavy (non-hydrogen) atoms. The van der Waals surface area contributed by atoms with Crippen LogP contribution in [0.5, 0.6) is 5.75 Å². The Kier molecular flexibility index (Phi) is 6.74. The number of anilines is 2. The third-order valence-corrected chi connectivity index (χ3v) is 6.13. The van der Waals surface area contributed by atoms with Crippen molar-refractivity contribution < 1.29 is 28.3 Å². The molecule has 9 nitrogen and oxygen atoms in total. The first kappa shape index (κ1) is 22.5. The molecule has 1 aliphatic rings. The minimum absolute atomic E-state index is 0.0632. The predicted molar refractivity (Wildman–Crippen MR) is 120 cm³/mol. The van der Waals surface area contributed by atoms with Crippen LogP contribution >= 0.6 is 11.3 Å². The number of furan rings is 1. The predicted octanol–water partition coefficient (Wildman–Crippen LogP) is 3.78. The highest BCUT2D eigenvalue weighted by molar-refractivity contribution is 7.14. The fourth-order valence-corrected chi connectivity index (χ4v) is 4.59. The second-order valence-corrected chi connectivity index (χ2v) is 8.23. The van der Waals surface area contributed by atoms with Gasteiger partial charge in [0.05, 0.1) is 24.8 Å². The van der Waals surface area contributed by atoms with Crippen LogP contribution in [0, 0.1) is 0 Å². The summed E-state index contributed by atoms with van der Waals surface area (Å²) in [4.78, 5) is 45.1. The lowest BCUT2D eigenvalue weighted by Crippen LogP contribution is -2.41. The highest BCUT2D eigenvalue weighted by Gasteiger charge is 2.36. The number of para-hydroxylation sites is 2. The number of thiazole rings is 1. The molecule has 1 atom stereocenters.